The number of benzene rings is 2. The minimum Gasteiger partial charge on any atom is -0.504 e. The minimum absolute atomic E-state index is 0.0220. The number of methoxy groups -OCH3 is 1. The number of carbonyl (C=O) groups is 1. The summed E-state index contributed by atoms with van der Waals surface area (Å²) in [4.78, 5) is 17.3. The fourth-order valence-corrected chi connectivity index (χ4v) is 3.96. The summed E-state index contributed by atoms with van der Waals surface area (Å²) in [6, 6.07) is 15.3. The molecule has 1 fully saturated rings. The van der Waals surface area contributed by atoms with E-state index in [4.69, 9.17) is 9.47 Å². The van der Waals surface area contributed by atoms with Crippen LogP contribution >= 0.6 is 0 Å². The number of carbonyl (C=O) groups excluding carboxylic acids is 1. The van der Waals surface area contributed by atoms with Gasteiger partial charge in [0, 0.05) is 32.7 Å². The van der Waals surface area contributed by atoms with Crippen molar-refractivity contribution in [2.75, 3.05) is 39.9 Å². The Kier molecular flexibility index (Phi) is 8.32. The highest BCUT2D eigenvalue weighted by atomic mass is 16.5. The third-order valence-electron chi connectivity index (χ3n) is 5.43. The molecular weight excluding hydrogens is 392 g/mol. The van der Waals surface area contributed by atoms with Crippen molar-refractivity contribution in [2.24, 2.45) is 5.92 Å². The monoisotopic (exact) mass is 426 g/mol. The first-order chi connectivity index (χ1) is 14.9. The van der Waals surface area contributed by atoms with E-state index in [9.17, 15) is 9.90 Å². The van der Waals surface area contributed by atoms with Crippen LogP contribution in [0.3, 0.4) is 0 Å². The van der Waals surface area contributed by atoms with E-state index >= 15 is 0 Å². The summed E-state index contributed by atoms with van der Waals surface area (Å²) < 4.78 is 11.2. The first-order valence-corrected chi connectivity index (χ1v) is 11.0. The van der Waals surface area contributed by atoms with E-state index in [-0.39, 0.29) is 17.8 Å². The van der Waals surface area contributed by atoms with Crippen molar-refractivity contribution in [3.63, 3.8) is 0 Å². The van der Waals surface area contributed by atoms with Crippen molar-refractivity contribution in [3.05, 3.63) is 59.7 Å². The number of ether oxygens (including phenoxy) is 2. The molecule has 31 heavy (non-hydrogen) atoms. The molecule has 0 radical (unpaired) electrons. The zero-order chi connectivity index (χ0) is 22.2. The van der Waals surface area contributed by atoms with E-state index in [1.54, 1.807) is 13.2 Å². The van der Waals surface area contributed by atoms with E-state index < -0.39 is 0 Å². The number of phenols is 1. The number of nitrogens with zero attached hydrogens (tertiary/aromatic N) is 2. The smallest absolute Gasteiger partial charge is 0.227 e. The Morgan fingerprint density at radius 2 is 2.00 bits per heavy atom. The summed E-state index contributed by atoms with van der Waals surface area (Å²) in [6.07, 6.45) is 0.392. The summed E-state index contributed by atoms with van der Waals surface area (Å²) in [5.41, 5.74) is 2.11. The molecule has 0 aliphatic carbocycles. The minimum atomic E-state index is -0.0220. The predicted molar refractivity (Wildman–Crippen MR) is 121 cm³/mol. The maximum Gasteiger partial charge on any atom is 0.227 e. The molecule has 2 aromatic carbocycles. The summed E-state index contributed by atoms with van der Waals surface area (Å²) in [6.45, 7) is 8.57. The molecule has 1 unspecified atom stereocenters. The van der Waals surface area contributed by atoms with Gasteiger partial charge in [-0.05, 0) is 29.2 Å². The SMILES string of the molecule is COc1cc(CN2CCOC(CN(CC(C)C)C(=O)Cc3ccccc3)C2)ccc1O. The van der Waals surface area contributed by atoms with E-state index in [2.05, 4.69) is 18.7 Å². The highest BCUT2D eigenvalue weighted by Crippen LogP contribution is 2.27. The van der Waals surface area contributed by atoms with Gasteiger partial charge in [0.15, 0.2) is 11.5 Å². The van der Waals surface area contributed by atoms with Gasteiger partial charge in [-0.2, -0.15) is 0 Å². The lowest BCUT2D eigenvalue weighted by Gasteiger charge is -2.36. The summed E-state index contributed by atoms with van der Waals surface area (Å²) >= 11 is 0. The van der Waals surface area contributed by atoms with Gasteiger partial charge in [-0.3, -0.25) is 9.69 Å². The number of morpholine rings is 1. The Morgan fingerprint density at radius 1 is 1.23 bits per heavy atom. The van der Waals surface area contributed by atoms with Gasteiger partial charge < -0.3 is 19.5 Å². The topological polar surface area (TPSA) is 62.2 Å². The molecule has 1 saturated heterocycles. The van der Waals surface area contributed by atoms with Crippen LogP contribution in [0.15, 0.2) is 48.5 Å². The van der Waals surface area contributed by atoms with E-state index in [1.807, 2.05) is 47.4 Å². The second-order valence-electron chi connectivity index (χ2n) is 8.59. The number of hydrogen-bond acceptors (Lipinski definition) is 5. The molecule has 1 aliphatic rings. The van der Waals surface area contributed by atoms with Gasteiger partial charge in [0.2, 0.25) is 5.91 Å². The molecule has 3 rings (SSSR count). The summed E-state index contributed by atoms with van der Waals surface area (Å²) in [7, 11) is 1.55. The van der Waals surface area contributed by atoms with Crippen molar-refractivity contribution in [1.82, 2.24) is 9.80 Å². The van der Waals surface area contributed by atoms with Crippen molar-refractivity contribution < 1.29 is 19.4 Å². The zero-order valence-corrected chi connectivity index (χ0v) is 18.8. The molecular formula is C25H34N2O4. The van der Waals surface area contributed by atoms with E-state index in [1.165, 1.54) is 0 Å². The van der Waals surface area contributed by atoms with Crippen LogP contribution < -0.4 is 4.74 Å². The highest BCUT2D eigenvalue weighted by Gasteiger charge is 2.25. The van der Waals surface area contributed by atoms with Crippen molar-refractivity contribution in [1.29, 1.82) is 0 Å². The maximum absolute atomic E-state index is 13.0. The average molecular weight is 427 g/mol. The third kappa shape index (κ3) is 6.97. The molecule has 0 spiro atoms. The Morgan fingerprint density at radius 3 is 2.71 bits per heavy atom. The van der Waals surface area contributed by atoms with Gasteiger partial charge in [0.25, 0.3) is 0 Å². The van der Waals surface area contributed by atoms with Crippen LogP contribution in [-0.4, -0.2) is 66.8 Å². The van der Waals surface area contributed by atoms with Gasteiger partial charge in [0.1, 0.15) is 0 Å². The fraction of sp³-hybridized carbons (Fsp3) is 0.480. The third-order valence-corrected chi connectivity index (χ3v) is 5.43. The number of aromatic hydroxyl groups is 1. The first-order valence-electron chi connectivity index (χ1n) is 11.0. The Balaban J connectivity index is 1.61. The second kappa shape index (κ2) is 11.2. The lowest BCUT2D eigenvalue weighted by Crippen LogP contribution is -2.49. The van der Waals surface area contributed by atoms with E-state index in [0.29, 0.717) is 31.2 Å². The zero-order valence-electron chi connectivity index (χ0n) is 18.8. The Labute approximate surface area is 185 Å². The molecule has 6 heteroatoms. The largest absolute Gasteiger partial charge is 0.504 e. The fourth-order valence-electron chi connectivity index (χ4n) is 3.96. The van der Waals surface area contributed by atoms with Crippen LogP contribution in [0.5, 0.6) is 11.5 Å². The number of rotatable bonds is 9. The second-order valence-corrected chi connectivity index (χ2v) is 8.59. The van der Waals surface area contributed by atoms with Crippen LogP contribution in [0.2, 0.25) is 0 Å². The number of amides is 1. The van der Waals surface area contributed by atoms with Gasteiger partial charge in [0.05, 0.1) is 26.2 Å². The Hall–Kier alpha value is -2.57. The molecule has 1 heterocycles. The van der Waals surface area contributed by atoms with Gasteiger partial charge in [-0.15, -0.1) is 0 Å². The molecule has 2 aromatic rings. The van der Waals surface area contributed by atoms with Gasteiger partial charge >= 0.3 is 0 Å². The van der Waals surface area contributed by atoms with Crippen molar-refractivity contribution in [2.45, 2.75) is 32.9 Å². The van der Waals surface area contributed by atoms with Crippen molar-refractivity contribution >= 4 is 5.91 Å². The quantitative estimate of drug-likeness (QED) is 0.666. The molecule has 1 amide bonds. The molecule has 1 atom stereocenters. The molecule has 1 N–H and O–H groups in total. The lowest BCUT2D eigenvalue weighted by atomic mass is 10.1. The molecule has 0 aromatic heterocycles. The summed E-state index contributed by atoms with van der Waals surface area (Å²) in [5.74, 6) is 1.16. The summed E-state index contributed by atoms with van der Waals surface area (Å²) in [5, 5.41) is 9.82. The first kappa shape index (κ1) is 23.1. The van der Waals surface area contributed by atoms with Gasteiger partial charge in [-0.1, -0.05) is 50.2 Å². The van der Waals surface area contributed by atoms with Crippen LogP contribution in [0.4, 0.5) is 0 Å². The number of phenolic OH excluding ortho intramolecular Hbond substituents is 1. The van der Waals surface area contributed by atoms with Crippen LogP contribution in [0, 0.1) is 5.92 Å². The Bertz CT molecular complexity index is 841. The normalized spacial score (nSPS) is 17.0. The van der Waals surface area contributed by atoms with Crippen LogP contribution in [0.25, 0.3) is 0 Å². The standard InChI is InChI=1S/C25H34N2O4/c1-19(2)15-27(25(29)14-20-7-5-4-6-8-20)18-22-17-26(11-12-31-22)16-21-9-10-23(28)24(13-21)30-3/h4-10,13,19,22,28H,11-12,14-18H2,1-3H3. The van der Waals surface area contributed by atoms with Crippen LogP contribution in [0.1, 0.15) is 25.0 Å². The molecule has 1 aliphatic heterocycles. The van der Waals surface area contributed by atoms with Crippen molar-refractivity contribution in [3.8, 4) is 11.5 Å². The number of hydrogen-bond donors (Lipinski definition) is 1. The predicted octanol–water partition coefficient (Wildman–Crippen LogP) is 3.33. The molecule has 0 saturated carbocycles. The lowest BCUT2D eigenvalue weighted by molar-refractivity contribution is -0.134. The molecule has 0 bridgehead atoms. The van der Waals surface area contributed by atoms with Gasteiger partial charge in [-0.25, -0.2) is 0 Å². The average Bonchev–Trinajstić information content (AvgIpc) is 2.75. The molecule has 168 valence electrons. The molecule has 6 nitrogen and oxygen atoms in total. The van der Waals surface area contributed by atoms with Crippen LogP contribution in [-0.2, 0) is 22.5 Å². The van der Waals surface area contributed by atoms with E-state index in [0.717, 1.165) is 37.3 Å². The highest BCUT2D eigenvalue weighted by molar-refractivity contribution is 5.78. The maximum atomic E-state index is 13.0.